The summed E-state index contributed by atoms with van der Waals surface area (Å²) in [6.07, 6.45) is 0.910. The maximum atomic E-state index is 5.47. The molecular formula is C22H37N5O2. The van der Waals surface area contributed by atoms with E-state index >= 15 is 0 Å². The summed E-state index contributed by atoms with van der Waals surface area (Å²) in [4.78, 5) is 9.92. The highest BCUT2D eigenvalue weighted by atomic mass is 16.7. The summed E-state index contributed by atoms with van der Waals surface area (Å²) < 4.78 is 10.9. The molecule has 7 nitrogen and oxygen atoms in total. The van der Waals surface area contributed by atoms with E-state index < -0.39 is 0 Å². The van der Waals surface area contributed by atoms with Gasteiger partial charge in [0.1, 0.15) is 0 Å². The second kappa shape index (κ2) is 10.7. The highest BCUT2D eigenvalue weighted by Crippen LogP contribution is 2.32. The quantitative estimate of drug-likeness (QED) is 0.510. The number of likely N-dealkylation sites (N-methyl/N-ethyl adjacent to an activating group) is 1. The number of guanidine groups is 1. The Bertz CT molecular complexity index is 671. The molecule has 0 aromatic heterocycles. The third-order valence-electron chi connectivity index (χ3n) is 5.70. The average Bonchev–Trinajstić information content (AvgIpc) is 3.17. The topological polar surface area (TPSA) is 61.4 Å². The van der Waals surface area contributed by atoms with Gasteiger partial charge < -0.3 is 25.0 Å². The summed E-state index contributed by atoms with van der Waals surface area (Å²) in [5, 5.41) is 6.86. The molecule has 1 atom stereocenters. The standard InChI is InChI=1S/C22H37N5O2/c1-5-23-22(24-9-8-18-6-7-20-21(14-18)29-16-28-20)25-15-19(17(2)3)27-12-10-26(4)11-13-27/h6-7,14,17,19H,5,8-13,15-16H2,1-4H3,(H2,23,24,25). The van der Waals surface area contributed by atoms with Crippen molar-refractivity contribution in [2.75, 3.05) is 59.7 Å². The Hall–Kier alpha value is -1.99. The highest BCUT2D eigenvalue weighted by Gasteiger charge is 2.24. The second-order valence-electron chi connectivity index (χ2n) is 8.23. The van der Waals surface area contributed by atoms with E-state index in [1.54, 1.807) is 0 Å². The van der Waals surface area contributed by atoms with Crippen LogP contribution in [-0.2, 0) is 6.42 Å². The number of nitrogens with zero attached hydrogens (tertiary/aromatic N) is 3. The van der Waals surface area contributed by atoms with Gasteiger partial charge in [-0.3, -0.25) is 9.89 Å². The molecule has 3 rings (SSSR count). The zero-order valence-corrected chi connectivity index (χ0v) is 18.4. The normalized spacial score (nSPS) is 18.9. The number of fused-ring (bicyclic) bond motifs is 1. The molecule has 0 amide bonds. The fourth-order valence-corrected chi connectivity index (χ4v) is 3.85. The molecule has 0 spiro atoms. The van der Waals surface area contributed by atoms with Crippen LogP contribution in [-0.4, -0.2) is 81.5 Å². The summed E-state index contributed by atoms with van der Waals surface area (Å²) in [6, 6.07) is 6.63. The summed E-state index contributed by atoms with van der Waals surface area (Å²) in [6.45, 7) is 14.1. The van der Waals surface area contributed by atoms with Gasteiger partial charge in [0.25, 0.3) is 0 Å². The zero-order chi connectivity index (χ0) is 20.6. The van der Waals surface area contributed by atoms with Gasteiger partial charge in [0.05, 0.1) is 6.54 Å². The Morgan fingerprint density at radius 3 is 2.59 bits per heavy atom. The van der Waals surface area contributed by atoms with E-state index in [-0.39, 0.29) is 0 Å². The molecule has 1 fully saturated rings. The fourth-order valence-electron chi connectivity index (χ4n) is 3.85. The maximum absolute atomic E-state index is 5.47. The van der Waals surface area contributed by atoms with Crippen molar-refractivity contribution in [1.82, 2.24) is 20.4 Å². The number of hydrogen-bond donors (Lipinski definition) is 2. The molecule has 0 bridgehead atoms. The molecule has 2 heterocycles. The highest BCUT2D eigenvalue weighted by molar-refractivity contribution is 5.79. The molecule has 2 aliphatic heterocycles. The number of nitrogens with one attached hydrogen (secondary N) is 2. The summed E-state index contributed by atoms with van der Waals surface area (Å²) in [5.41, 5.74) is 1.23. The second-order valence-corrected chi connectivity index (χ2v) is 8.23. The molecule has 2 aliphatic rings. The van der Waals surface area contributed by atoms with E-state index in [2.05, 4.69) is 60.4 Å². The molecule has 0 aliphatic carbocycles. The van der Waals surface area contributed by atoms with Crippen molar-refractivity contribution in [3.8, 4) is 11.5 Å². The first-order valence-corrected chi connectivity index (χ1v) is 10.9. The van der Waals surface area contributed by atoms with E-state index in [1.807, 2.05) is 6.07 Å². The molecule has 0 saturated carbocycles. The summed E-state index contributed by atoms with van der Waals surface area (Å²) >= 11 is 0. The minimum Gasteiger partial charge on any atom is -0.454 e. The molecular weight excluding hydrogens is 366 g/mol. The van der Waals surface area contributed by atoms with Gasteiger partial charge in [-0.25, -0.2) is 0 Å². The molecule has 29 heavy (non-hydrogen) atoms. The third-order valence-corrected chi connectivity index (χ3v) is 5.70. The van der Waals surface area contributed by atoms with Crippen molar-refractivity contribution < 1.29 is 9.47 Å². The Kier molecular flexibility index (Phi) is 8.00. The molecule has 2 N–H and O–H groups in total. The minimum absolute atomic E-state index is 0.318. The molecule has 7 heteroatoms. The van der Waals surface area contributed by atoms with Crippen LogP contribution in [0.25, 0.3) is 0 Å². The van der Waals surface area contributed by atoms with Gasteiger partial charge in [0, 0.05) is 45.3 Å². The zero-order valence-electron chi connectivity index (χ0n) is 18.4. The van der Waals surface area contributed by atoms with Crippen LogP contribution in [0.4, 0.5) is 0 Å². The van der Waals surface area contributed by atoms with Crippen molar-refractivity contribution in [2.45, 2.75) is 33.2 Å². The number of ether oxygens (including phenoxy) is 2. The van der Waals surface area contributed by atoms with Gasteiger partial charge in [0.15, 0.2) is 17.5 Å². The van der Waals surface area contributed by atoms with Crippen LogP contribution in [0.5, 0.6) is 11.5 Å². The first-order valence-electron chi connectivity index (χ1n) is 10.9. The van der Waals surface area contributed by atoms with Crippen LogP contribution in [0.2, 0.25) is 0 Å². The Morgan fingerprint density at radius 1 is 1.10 bits per heavy atom. The van der Waals surface area contributed by atoms with E-state index in [1.165, 1.54) is 5.56 Å². The monoisotopic (exact) mass is 403 g/mol. The van der Waals surface area contributed by atoms with Crippen LogP contribution in [0.3, 0.4) is 0 Å². The van der Waals surface area contributed by atoms with Crippen molar-refractivity contribution in [3.05, 3.63) is 23.8 Å². The molecule has 1 saturated heterocycles. The predicted molar refractivity (Wildman–Crippen MR) is 118 cm³/mol. The molecule has 1 aromatic rings. The number of hydrogen-bond acceptors (Lipinski definition) is 5. The van der Waals surface area contributed by atoms with E-state index in [0.717, 1.165) is 69.7 Å². The van der Waals surface area contributed by atoms with Gasteiger partial charge in [-0.05, 0) is 44.0 Å². The lowest BCUT2D eigenvalue weighted by atomic mass is 10.0. The number of piperazine rings is 1. The minimum atomic E-state index is 0.318. The van der Waals surface area contributed by atoms with Crippen molar-refractivity contribution in [2.24, 2.45) is 10.9 Å². The lowest BCUT2D eigenvalue weighted by Crippen LogP contribution is -2.52. The third kappa shape index (κ3) is 6.24. The Morgan fingerprint density at radius 2 is 1.86 bits per heavy atom. The number of rotatable bonds is 8. The van der Waals surface area contributed by atoms with Crippen molar-refractivity contribution >= 4 is 5.96 Å². The lowest BCUT2D eigenvalue weighted by molar-refractivity contribution is 0.0925. The van der Waals surface area contributed by atoms with Gasteiger partial charge in [-0.2, -0.15) is 0 Å². The first-order chi connectivity index (χ1) is 14.1. The molecule has 0 radical (unpaired) electrons. The fraction of sp³-hybridized carbons (Fsp3) is 0.682. The predicted octanol–water partition coefficient (Wildman–Crippen LogP) is 1.78. The van der Waals surface area contributed by atoms with Crippen LogP contribution in [0.1, 0.15) is 26.3 Å². The van der Waals surface area contributed by atoms with E-state index in [0.29, 0.717) is 18.8 Å². The largest absolute Gasteiger partial charge is 0.454 e. The maximum Gasteiger partial charge on any atom is 0.231 e. The molecule has 162 valence electrons. The molecule has 1 unspecified atom stereocenters. The first kappa shape index (κ1) is 21.7. The van der Waals surface area contributed by atoms with Gasteiger partial charge in [0.2, 0.25) is 6.79 Å². The van der Waals surface area contributed by atoms with Crippen molar-refractivity contribution in [1.29, 1.82) is 0 Å². The van der Waals surface area contributed by atoms with Gasteiger partial charge >= 0.3 is 0 Å². The van der Waals surface area contributed by atoms with E-state index in [4.69, 9.17) is 14.5 Å². The van der Waals surface area contributed by atoms with E-state index in [9.17, 15) is 0 Å². The van der Waals surface area contributed by atoms with Crippen LogP contribution < -0.4 is 20.1 Å². The lowest BCUT2D eigenvalue weighted by Gasteiger charge is -2.39. The Labute approximate surface area is 175 Å². The van der Waals surface area contributed by atoms with Crippen LogP contribution >= 0.6 is 0 Å². The van der Waals surface area contributed by atoms with Crippen molar-refractivity contribution in [3.63, 3.8) is 0 Å². The van der Waals surface area contributed by atoms with Crippen LogP contribution in [0.15, 0.2) is 23.2 Å². The summed E-state index contributed by atoms with van der Waals surface area (Å²) in [7, 11) is 2.20. The Balaban J connectivity index is 1.52. The number of aliphatic imine (C=N–C) groups is 1. The SMILES string of the molecule is CCNC(=NCC(C(C)C)N1CCN(C)CC1)NCCc1ccc2c(c1)OCO2. The number of benzene rings is 1. The van der Waals surface area contributed by atoms with Gasteiger partial charge in [-0.1, -0.05) is 19.9 Å². The van der Waals surface area contributed by atoms with Crippen LogP contribution in [0, 0.1) is 5.92 Å². The summed E-state index contributed by atoms with van der Waals surface area (Å²) in [5.74, 6) is 3.15. The average molecular weight is 404 g/mol. The molecule has 1 aromatic carbocycles. The smallest absolute Gasteiger partial charge is 0.231 e. The van der Waals surface area contributed by atoms with Gasteiger partial charge in [-0.15, -0.1) is 0 Å².